The van der Waals surface area contributed by atoms with Crippen molar-refractivity contribution in [2.24, 2.45) is 11.1 Å². The van der Waals surface area contributed by atoms with Gasteiger partial charge in [-0.05, 0) is 11.8 Å². The van der Waals surface area contributed by atoms with E-state index in [-0.39, 0.29) is 30.5 Å². The third kappa shape index (κ3) is 6.76. The second-order valence-corrected chi connectivity index (χ2v) is 4.71. The molecule has 4 N–H and O–H groups in total. The Bertz CT molecular complexity index is 203. The molecule has 0 fully saturated rings. The molecule has 1 atom stereocenters. The van der Waals surface area contributed by atoms with E-state index in [1.54, 1.807) is 7.11 Å². The average Bonchev–Trinajstić information content (AvgIpc) is 2.23. The van der Waals surface area contributed by atoms with Gasteiger partial charge in [0, 0.05) is 26.8 Å². The molecule has 1 amide bonds. The van der Waals surface area contributed by atoms with Gasteiger partial charge < -0.3 is 20.9 Å². The van der Waals surface area contributed by atoms with Crippen LogP contribution in [0.3, 0.4) is 0 Å². The molecule has 0 aliphatic rings. The zero-order valence-electron chi connectivity index (χ0n) is 10.5. The molecule has 0 radical (unpaired) electrons. The number of rotatable bonds is 8. The van der Waals surface area contributed by atoms with Gasteiger partial charge in [0.2, 0.25) is 5.91 Å². The summed E-state index contributed by atoms with van der Waals surface area (Å²) in [7, 11) is 1.54. The van der Waals surface area contributed by atoms with Gasteiger partial charge in [0.25, 0.3) is 0 Å². The fourth-order valence-electron chi connectivity index (χ4n) is 1.27. The van der Waals surface area contributed by atoms with E-state index in [0.29, 0.717) is 19.5 Å². The first kappa shape index (κ1) is 15.3. The van der Waals surface area contributed by atoms with Crippen LogP contribution in [0.25, 0.3) is 0 Å². The van der Waals surface area contributed by atoms with E-state index < -0.39 is 0 Å². The lowest BCUT2D eigenvalue weighted by molar-refractivity contribution is -0.123. The molecule has 0 aliphatic carbocycles. The number of aliphatic hydroxyl groups is 1. The van der Waals surface area contributed by atoms with Gasteiger partial charge in [-0.3, -0.25) is 4.79 Å². The summed E-state index contributed by atoms with van der Waals surface area (Å²) in [6, 6.07) is 0. The van der Waals surface area contributed by atoms with Crippen molar-refractivity contribution in [3.8, 4) is 0 Å². The number of nitrogens with one attached hydrogen (secondary N) is 1. The maximum absolute atomic E-state index is 11.5. The Labute approximate surface area is 97.3 Å². The van der Waals surface area contributed by atoms with Crippen molar-refractivity contribution in [2.45, 2.75) is 32.8 Å². The van der Waals surface area contributed by atoms with Crippen LogP contribution >= 0.6 is 0 Å². The second-order valence-electron chi connectivity index (χ2n) is 4.71. The standard InChI is InChI=1S/C11H24N2O3/c1-11(2,4-5-14)8-13-10(15)6-9(7-12)16-3/h9,14H,4-8,12H2,1-3H3,(H,13,15). The van der Waals surface area contributed by atoms with Crippen LogP contribution in [0.5, 0.6) is 0 Å². The summed E-state index contributed by atoms with van der Waals surface area (Å²) in [5.41, 5.74) is 5.34. The number of methoxy groups -OCH3 is 1. The van der Waals surface area contributed by atoms with Crippen LogP contribution in [-0.2, 0) is 9.53 Å². The summed E-state index contributed by atoms with van der Waals surface area (Å²) >= 11 is 0. The number of nitrogens with two attached hydrogens (primary N) is 1. The lowest BCUT2D eigenvalue weighted by Crippen LogP contribution is -2.37. The summed E-state index contributed by atoms with van der Waals surface area (Å²) in [6.07, 6.45) is 0.723. The normalized spacial score (nSPS) is 13.6. The first-order valence-electron chi connectivity index (χ1n) is 5.55. The SMILES string of the molecule is COC(CN)CC(=O)NCC(C)(C)CCO. The van der Waals surface area contributed by atoms with Crippen molar-refractivity contribution in [2.75, 3.05) is 26.8 Å². The average molecular weight is 232 g/mol. The zero-order chi connectivity index (χ0) is 12.6. The molecule has 5 nitrogen and oxygen atoms in total. The maximum Gasteiger partial charge on any atom is 0.222 e. The largest absolute Gasteiger partial charge is 0.396 e. The van der Waals surface area contributed by atoms with Crippen molar-refractivity contribution in [3.63, 3.8) is 0 Å². The molecule has 0 heterocycles. The van der Waals surface area contributed by atoms with Crippen LogP contribution in [0.15, 0.2) is 0 Å². The summed E-state index contributed by atoms with van der Waals surface area (Å²) in [6.45, 7) is 5.02. The highest BCUT2D eigenvalue weighted by atomic mass is 16.5. The van der Waals surface area contributed by atoms with Crippen molar-refractivity contribution in [1.82, 2.24) is 5.32 Å². The van der Waals surface area contributed by atoms with E-state index in [2.05, 4.69) is 5.32 Å². The van der Waals surface area contributed by atoms with Crippen molar-refractivity contribution >= 4 is 5.91 Å². The van der Waals surface area contributed by atoms with Gasteiger partial charge in [-0.25, -0.2) is 0 Å². The molecular weight excluding hydrogens is 208 g/mol. The Hall–Kier alpha value is -0.650. The van der Waals surface area contributed by atoms with Gasteiger partial charge in [0.05, 0.1) is 12.5 Å². The predicted molar refractivity (Wildman–Crippen MR) is 63.0 cm³/mol. The predicted octanol–water partition coefficient (Wildman–Crippen LogP) is -0.125. The molecule has 0 aromatic heterocycles. The van der Waals surface area contributed by atoms with Gasteiger partial charge >= 0.3 is 0 Å². The van der Waals surface area contributed by atoms with Crippen LogP contribution in [0.1, 0.15) is 26.7 Å². The number of aliphatic hydroxyl groups excluding tert-OH is 1. The molecule has 5 heteroatoms. The van der Waals surface area contributed by atoms with E-state index >= 15 is 0 Å². The van der Waals surface area contributed by atoms with Crippen molar-refractivity contribution in [3.05, 3.63) is 0 Å². The molecule has 0 rings (SSSR count). The van der Waals surface area contributed by atoms with E-state index in [4.69, 9.17) is 15.6 Å². The fraction of sp³-hybridized carbons (Fsp3) is 0.909. The molecule has 0 bridgehead atoms. The van der Waals surface area contributed by atoms with Crippen molar-refractivity contribution in [1.29, 1.82) is 0 Å². The maximum atomic E-state index is 11.5. The van der Waals surface area contributed by atoms with E-state index in [1.807, 2.05) is 13.8 Å². The molecule has 96 valence electrons. The molecule has 16 heavy (non-hydrogen) atoms. The Kier molecular flexibility index (Phi) is 7.29. The third-order valence-electron chi connectivity index (χ3n) is 2.56. The molecule has 0 aromatic rings. The number of amides is 1. The lowest BCUT2D eigenvalue weighted by atomic mass is 9.90. The number of carbonyl (C=O) groups is 1. The smallest absolute Gasteiger partial charge is 0.222 e. The quantitative estimate of drug-likeness (QED) is 0.544. The summed E-state index contributed by atoms with van der Waals surface area (Å²) in [5.74, 6) is -0.0664. The second kappa shape index (κ2) is 7.60. The van der Waals surface area contributed by atoms with Gasteiger partial charge in [-0.15, -0.1) is 0 Å². The Balaban J connectivity index is 3.88. The van der Waals surface area contributed by atoms with Crippen LogP contribution in [0.4, 0.5) is 0 Å². The topological polar surface area (TPSA) is 84.6 Å². The number of carbonyl (C=O) groups excluding carboxylic acids is 1. The molecule has 0 aromatic carbocycles. The minimum atomic E-state index is -0.221. The molecule has 0 saturated carbocycles. The Morgan fingerprint density at radius 3 is 2.62 bits per heavy atom. The number of hydrogen-bond donors (Lipinski definition) is 3. The molecular formula is C11H24N2O3. The summed E-state index contributed by atoms with van der Waals surface area (Å²) in [4.78, 5) is 11.5. The molecule has 0 aliphatic heterocycles. The Morgan fingerprint density at radius 2 is 2.19 bits per heavy atom. The van der Waals surface area contributed by atoms with E-state index in [0.717, 1.165) is 0 Å². The van der Waals surface area contributed by atoms with Crippen molar-refractivity contribution < 1.29 is 14.6 Å². The molecule has 0 spiro atoms. The highest BCUT2D eigenvalue weighted by molar-refractivity contribution is 5.76. The zero-order valence-corrected chi connectivity index (χ0v) is 10.5. The minimum Gasteiger partial charge on any atom is -0.396 e. The van der Waals surface area contributed by atoms with Crippen LogP contribution in [0.2, 0.25) is 0 Å². The van der Waals surface area contributed by atoms with Gasteiger partial charge in [0.1, 0.15) is 0 Å². The lowest BCUT2D eigenvalue weighted by Gasteiger charge is -2.24. The Morgan fingerprint density at radius 1 is 1.56 bits per heavy atom. The first-order chi connectivity index (χ1) is 7.45. The summed E-state index contributed by atoms with van der Waals surface area (Å²) in [5, 5.41) is 11.7. The van der Waals surface area contributed by atoms with Gasteiger partial charge in [-0.2, -0.15) is 0 Å². The van der Waals surface area contributed by atoms with Crippen LogP contribution in [-0.4, -0.2) is 43.9 Å². The number of hydrogen-bond acceptors (Lipinski definition) is 4. The third-order valence-corrected chi connectivity index (χ3v) is 2.56. The monoisotopic (exact) mass is 232 g/mol. The van der Waals surface area contributed by atoms with Crippen LogP contribution in [0, 0.1) is 5.41 Å². The van der Waals surface area contributed by atoms with E-state index in [1.165, 1.54) is 0 Å². The first-order valence-corrected chi connectivity index (χ1v) is 5.55. The highest BCUT2D eigenvalue weighted by Gasteiger charge is 2.19. The highest BCUT2D eigenvalue weighted by Crippen LogP contribution is 2.17. The fourth-order valence-corrected chi connectivity index (χ4v) is 1.27. The van der Waals surface area contributed by atoms with Gasteiger partial charge in [-0.1, -0.05) is 13.8 Å². The number of ether oxygens (including phenoxy) is 1. The molecule has 0 saturated heterocycles. The molecule has 1 unspecified atom stereocenters. The van der Waals surface area contributed by atoms with E-state index in [9.17, 15) is 4.79 Å². The van der Waals surface area contributed by atoms with Gasteiger partial charge in [0.15, 0.2) is 0 Å². The van der Waals surface area contributed by atoms with Crippen LogP contribution < -0.4 is 11.1 Å². The minimum absolute atomic E-state index is 0.0664. The summed E-state index contributed by atoms with van der Waals surface area (Å²) < 4.78 is 5.02.